The smallest absolute Gasteiger partial charge is 0.239 e. The van der Waals surface area contributed by atoms with Gasteiger partial charge < -0.3 is 10.6 Å². The Kier molecular flexibility index (Phi) is 3.23. The lowest BCUT2D eigenvalue weighted by Gasteiger charge is -2.27. The average molecular weight is 375 g/mol. The van der Waals surface area contributed by atoms with Crippen LogP contribution in [0, 0.1) is 0 Å². The van der Waals surface area contributed by atoms with E-state index in [1.807, 2.05) is 42.5 Å². The van der Waals surface area contributed by atoms with Crippen LogP contribution in [0.4, 0.5) is 11.4 Å². The van der Waals surface area contributed by atoms with Crippen molar-refractivity contribution in [1.82, 2.24) is 0 Å². The first-order chi connectivity index (χ1) is 10.6. The highest BCUT2D eigenvalue weighted by molar-refractivity contribution is 9.10. The van der Waals surface area contributed by atoms with E-state index in [0.717, 1.165) is 26.3 Å². The SMILES string of the molecule is O=C1Nc2ccccc2SC1C1C(=O)Nc2ccc(Br)cc21. The normalized spacial score (nSPS) is 22.6. The van der Waals surface area contributed by atoms with E-state index in [1.54, 1.807) is 0 Å². The fourth-order valence-corrected chi connectivity index (χ4v) is 4.47. The van der Waals surface area contributed by atoms with Gasteiger partial charge in [-0.15, -0.1) is 11.8 Å². The Bertz CT molecular complexity index is 808. The van der Waals surface area contributed by atoms with Crippen molar-refractivity contribution >= 4 is 50.9 Å². The molecule has 0 fully saturated rings. The molecule has 2 heterocycles. The molecule has 4 nitrogen and oxygen atoms in total. The zero-order chi connectivity index (χ0) is 15.3. The van der Waals surface area contributed by atoms with Gasteiger partial charge in [-0.1, -0.05) is 28.1 Å². The average Bonchev–Trinajstić information content (AvgIpc) is 2.82. The van der Waals surface area contributed by atoms with Crippen molar-refractivity contribution < 1.29 is 9.59 Å². The summed E-state index contributed by atoms with van der Waals surface area (Å²) in [7, 11) is 0. The van der Waals surface area contributed by atoms with Crippen LogP contribution < -0.4 is 10.6 Å². The van der Waals surface area contributed by atoms with E-state index in [-0.39, 0.29) is 11.8 Å². The molecule has 2 aliphatic rings. The predicted octanol–water partition coefficient (Wildman–Crippen LogP) is 3.60. The molecule has 2 N–H and O–H groups in total. The Morgan fingerprint density at radius 1 is 0.955 bits per heavy atom. The van der Waals surface area contributed by atoms with E-state index in [2.05, 4.69) is 26.6 Å². The number of carbonyl (C=O) groups is 2. The molecule has 0 bridgehead atoms. The quantitative estimate of drug-likeness (QED) is 0.801. The van der Waals surface area contributed by atoms with Gasteiger partial charge in [0.25, 0.3) is 0 Å². The molecular weight excluding hydrogens is 364 g/mol. The molecule has 22 heavy (non-hydrogen) atoms. The highest BCUT2D eigenvalue weighted by Crippen LogP contribution is 2.46. The lowest BCUT2D eigenvalue weighted by molar-refractivity contribution is -0.121. The van der Waals surface area contributed by atoms with Gasteiger partial charge in [0, 0.05) is 15.1 Å². The summed E-state index contributed by atoms with van der Waals surface area (Å²) in [5, 5.41) is 5.30. The van der Waals surface area contributed by atoms with E-state index >= 15 is 0 Å². The zero-order valence-corrected chi connectivity index (χ0v) is 13.7. The first-order valence-corrected chi connectivity index (χ1v) is 8.47. The van der Waals surface area contributed by atoms with Gasteiger partial charge in [-0.2, -0.15) is 0 Å². The van der Waals surface area contributed by atoms with Crippen LogP contribution >= 0.6 is 27.7 Å². The number of thioether (sulfide) groups is 1. The number of rotatable bonds is 1. The van der Waals surface area contributed by atoms with Gasteiger partial charge in [-0.25, -0.2) is 0 Å². The van der Waals surface area contributed by atoms with Gasteiger partial charge in [0.2, 0.25) is 11.8 Å². The van der Waals surface area contributed by atoms with E-state index in [0.29, 0.717) is 0 Å². The largest absolute Gasteiger partial charge is 0.325 e. The summed E-state index contributed by atoms with van der Waals surface area (Å²) in [6, 6.07) is 13.3. The van der Waals surface area contributed by atoms with E-state index in [9.17, 15) is 9.59 Å². The molecule has 2 aromatic carbocycles. The molecule has 0 aliphatic carbocycles. The number of para-hydroxylation sites is 1. The Hall–Kier alpha value is -1.79. The third-order valence-electron chi connectivity index (χ3n) is 3.85. The minimum Gasteiger partial charge on any atom is -0.325 e. The second kappa shape index (κ2) is 5.14. The Balaban J connectivity index is 1.76. The fourth-order valence-electron chi connectivity index (χ4n) is 2.84. The lowest BCUT2D eigenvalue weighted by atomic mass is 9.96. The molecule has 4 rings (SSSR count). The molecule has 2 unspecified atom stereocenters. The van der Waals surface area contributed by atoms with Crippen LogP contribution in [0.15, 0.2) is 51.8 Å². The number of anilines is 2. The van der Waals surface area contributed by atoms with Crippen LogP contribution in [0.3, 0.4) is 0 Å². The van der Waals surface area contributed by atoms with Crippen LogP contribution in [-0.2, 0) is 9.59 Å². The Labute approximate surface area is 139 Å². The van der Waals surface area contributed by atoms with Crippen LogP contribution in [0.2, 0.25) is 0 Å². The van der Waals surface area contributed by atoms with Gasteiger partial charge in [-0.3, -0.25) is 9.59 Å². The van der Waals surface area contributed by atoms with Crippen LogP contribution in [0.25, 0.3) is 0 Å². The Morgan fingerprint density at radius 3 is 2.59 bits per heavy atom. The maximum absolute atomic E-state index is 12.5. The molecule has 2 amide bonds. The van der Waals surface area contributed by atoms with Crippen molar-refractivity contribution in [3.05, 3.63) is 52.5 Å². The fraction of sp³-hybridized carbons (Fsp3) is 0.125. The number of hydrogen-bond donors (Lipinski definition) is 2. The molecule has 0 saturated heterocycles. The Morgan fingerprint density at radius 2 is 1.73 bits per heavy atom. The number of carbonyl (C=O) groups excluding carboxylic acids is 2. The molecule has 2 atom stereocenters. The third kappa shape index (κ3) is 2.14. The second-order valence-electron chi connectivity index (χ2n) is 5.22. The van der Waals surface area contributed by atoms with Gasteiger partial charge in [-0.05, 0) is 35.9 Å². The van der Waals surface area contributed by atoms with Crippen molar-refractivity contribution in [2.75, 3.05) is 10.6 Å². The molecular formula is C16H11BrN2O2S. The summed E-state index contributed by atoms with van der Waals surface area (Å²) in [6.07, 6.45) is 0. The van der Waals surface area contributed by atoms with Gasteiger partial charge in [0.1, 0.15) is 5.25 Å². The number of halogens is 1. The number of nitrogens with one attached hydrogen (secondary N) is 2. The maximum atomic E-state index is 12.5. The summed E-state index contributed by atoms with van der Waals surface area (Å²) in [4.78, 5) is 25.8. The van der Waals surface area contributed by atoms with Crippen molar-refractivity contribution in [2.45, 2.75) is 16.1 Å². The first-order valence-electron chi connectivity index (χ1n) is 6.80. The van der Waals surface area contributed by atoms with Crippen molar-refractivity contribution in [3.8, 4) is 0 Å². The van der Waals surface area contributed by atoms with Crippen molar-refractivity contribution in [1.29, 1.82) is 0 Å². The molecule has 0 aromatic heterocycles. The summed E-state index contributed by atoms with van der Waals surface area (Å²) in [5.41, 5.74) is 2.46. The summed E-state index contributed by atoms with van der Waals surface area (Å²) < 4.78 is 0.898. The second-order valence-corrected chi connectivity index (χ2v) is 7.32. The number of amides is 2. The van der Waals surface area contributed by atoms with Gasteiger partial charge >= 0.3 is 0 Å². The number of hydrogen-bond acceptors (Lipinski definition) is 3. The number of benzene rings is 2. The molecule has 2 aliphatic heterocycles. The third-order valence-corrected chi connectivity index (χ3v) is 5.69. The van der Waals surface area contributed by atoms with Crippen LogP contribution in [-0.4, -0.2) is 17.1 Å². The first kappa shape index (κ1) is 13.8. The molecule has 2 aromatic rings. The monoisotopic (exact) mass is 374 g/mol. The summed E-state index contributed by atoms with van der Waals surface area (Å²) in [5.74, 6) is -0.734. The van der Waals surface area contributed by atoms with Gasteiger partial charge in [0.05, 0.1) is 11.6 Å². The molecule has 0 saturated carbocycles. The van der Waals surface area contributed by atoms with E-state index in [4.69, 9.17) is 0 Å². The van der Waals surface area contributed by atoms with Crippen molar-refractivity contribution in [3.63, 3.8) is 0 Å². The number of fused-ring (bicyclic) bond motifs is 2. The lowest BCUT2D eigenvalue weighted by Crippen LogP contribution is -2.36. The maximum Gasteiger partial charge on any atom is 0.239 e. The standard InChI is InChI=1S/C16H11BrN2O2S/c17-8-5-6-10-9(7-8)13(15(20)18-10)14-16(21)19-11-3-1-2-4-12(11)22-14/h1-7,13-14H,(H,18,20)(H,19,21). The van der Waals surface area contributed by atoms with E-state index in [1.165, 1.54) is 11.8 Å². The minimum absolute atomic E-state index is 0.125. The minimum atomic E-state index is -0.481. The van der Waals surface area contributed by atoms with Crippen LogP contribution in [0.1, 0.15) is 11.5 Å². The molecule has 6 heteroatoms. The molecule has 110 valence electrons. The summed E-state index contributed by atoms with van der Waals surface area (Å²) in [6.45, 7) is 0. The predicted molar refractivity (Wildman–Crippen MR) is 90.2 cm³/mol. The van der Waals surface area contributed by atoms with Crippen molar-refractivity contribution in [2.24, 2.45) is 0 Å². The zero-order valence-electron chi connectivity index (χ0n) is 11.3. The molecule has 0 spiro atoms. The topological polar surface area (TPSA) is 58.2 Å². The summed E-state index contributed by atoms with van der Waals surface area (Å²) >= 11 is 4.88. The van der Waals surface area contributed by atoms with Gasteiger partial charge in [0.15, 0.2) is 0 Å². The van der Waals surface area contributed by atoms with E-state index < -0.39 is 11.2 Å². The van der Waals surface area contributed by atoms with Crippen LogP contribution in [0.5, 0.6) is 0 Å². The highest BCUT2D eigenvalue weighted by atomic mass is 79.9. The molecule has 0 radical (unpaired) electrons. The highest BCUT2D eigenvalue weighted by Gasteiger charge is 2.43.